The summed E-state index contributed by atoms with van der Waals surface area (Å²) in [7, 11) is 1.63. The maximum atomic E-state index is 11.5. The van der Waals surface area contributed by atoms with Gasteiger partial charge in [0.15, 0.2) is 0 Å². The van der Waals surface area contributed by atoms with Gasteiger partial charge in [0.2, 0.25) is 5.91 Å². The van der Waals surface area contributed by atoms with Crippen LogP contribution in [-0.4, -0.2) is 42.1 Å². The van der Waals surface area contributed by atoms with Crippen LogP contribution in [0, 0.1) is 0 Å². The molecule has 1 aliphatic heterocycles. The Kier molecular flexibility index (Phi) is 4.04. The minimum Gasteiger partial charge on any atom is -0.493 e. The largest absolute Gasteiger partial charge is 0.493 e. The first-order valence-electron chi connectivity index (χ1n) is 6.26. The molecule has 5 heteroatoms. The summed E-state index contributed by atoms with van der Waals surface area (Å²) in [4.78, 5) is 23.4. The Balaban J connectivity index is 1.88. The third-order valence-corrected chi connectivity index (χ3v) is 3.22. The molecule has 0 aliphatic carbocycles. The molecule has 2 rings (SSSR count). The van der Waals surface area contributed by atoms with Gasteiger partial charge in [0.05, 0.1) is 6.61 Å². The van der Waals surface area contributed by atoms with Crippen molar-refractivity contribution < 1.29 is 19.4 Å². The van der Waals surface area contributed by atoms with E-state index in [1.54, 1.807) is 7.05 Å². The number of nitrogens with zero attached hydrogens (tertiary/aromatic N) is 1. The summed E-state index contributed by atoms with van der Waals surface area (Å²) in [6.07, 6.45) is 1.20. The third kappa shape index (κ3) is 3.47. The van der Waals surface area contributed by atoms with E-state index in [9.17, 15) is 9.59 Å². The highest BCUT2D eigenvalue weighted by molar-refractivity contribution is 5.93. The SMILES string of the molecule is CN(CCc1ccc2c(c1)CCO2)C(=O)CC(=O)O. The van der Waals surface area contributed by atoms with Crippen LogP contribution in [0.5, 0.6) is 5.75 Å². The molecule has 1 heterocycles. The van der Waals surface area contributed by atoms with Gasteiger partial charge in [-0.1, -0.05) is 12.1 Å². The number of amides is 1. The molecule has 0 unspecified atom stereocenters. The number of hydrogen-bond donors (Lipinski definition) is 1. The normalized spacial score (nSPS) is 12.7. The van der Waals surface area contributed by atoms with E-state index in [1.165, 1.54) is 10.5 Å². The Labute approximate surface area is 111 Å². The fourth-order valence-corrected chi connectivity index (χ4v) is 2.08. The van der Waals surface area contributed by atoms with Crippen LogP contribution in [-0.2, 0) is 22.4 Å². The zero-order valence-electron chi connectivity index (χ0n) is 10.9. The van der Waals surface area contributed by atoms with Gasteiger partial charge in [0, 0.05) is 20.0 Å². The maximum absolute atomic E-state index is 11.5. The number of carboxylic acid groups (broad SMARTS) is 1. The Bertz CT molecular complexity index is 498. The first-order valence-corrected chi connectivity index (χ1v) is 6.26. The molecule has 1 aromatic rings. The summed E-state index contributed by atoms with van der Waals surface area (Å²) in [5.41, 5.74) is 2.34. The highest BCUT2D eigenvalue weighted by atomic mass is 16.5. The predicted octanol–water partition coefficient (Wildman–Crippen LogP) is 1.10. The number of likely N-dealkylation sites (N-methyl/N-ethyl adjacent to an activating group) is 1. The molecule has 1 amide bonds. The van der Waals surface area contributed by atoms with E-state index in [1.807, 2.05) is 12.1 Å². The van der Waals surface area contributed by atoms with E-state index in [0.717, 1.165) is 30.8 Å². The van der Waals surface area contributed by atoms with Crippen LogP contribution < -0.4 is 4.74 Å². The van der Waals surface area contributed by atoms with E-state index in [-0.39, 0.29) is 5.91 Å². The van der Waals surface area contributed by atoms with Crippen molar-refractivity contribution in [2.24, 2.45) is 0 Å². The second-order valence-electron chi connectivity index (χ2n) is 4.68. The second-order valence-corrected chi connectivity index (χ2v) is 4.68. The number of aliphatic carboxylic acids is 1. The molecule has 1 N–H and O–H groups in total. The van der Waals surface area contributed by atoms with E-state index in [0.29, 0.717) is 6.54 Å². The number of carbonyl (C=O) groups is 2. The van der Waals surface area contributed by atoms with Gasteiger partial charge in [-0.3, -0.25) is 9.59 Å². The molecule has 0 fully saturated rings. The summed E-state index contributed by atoms with van der Waals surface area (Å²) >= 11 is 0. The second kappa shape index (κ2) is 5.73. The van der Waals surface area contributed by atoms with Gasteiger partial charge >= 0.3 is 5.97 Å². The van der Waals surface area contributed by atoms with Crippen LogP contribution in [0.4, 0.5) is 0 Å². The van der Waals surface area contributed by atoms with Crippen LogP contribution >= 0.6 is 0 Å². The summed E-state index contributed by atoms with van der Waals surface area (Å²) in [5, 5.41) is 8.56. The molecule has 1 aromatic carbocycles. The van der Waals surface area contributed by atoms with Crippen molar-refractivity contribution in [3.05, 3.63) is 29.3 Å². The van der Waals surface area contributed by atoms with E-state index < -0.39 is 12.4 Å². The first-order chi connectivity index (χ1) is 9.06. The Hall–Kier alpha value is -2.04. The molecular weight excluding hydrogens is 246 g/mol. The lowest BCUT2D eigenvalue weighted by Crippen LogP contribution is -2.30. The molecule has 0 bridgehead atoms. The first kappa shape index (κ1) is 13.4. The van der Waals surface area contributed by atoms with Gasteiger partial charge in [0.1, 0.15) is 12.2 Å². The zero-order chi connectivity index (χ0) is 13.8. The number of hydrogen-bond acceptors (Lipinski definition) is 3. The topological polar surface area (TPSA) is 66.8 Å². The minimum atomic E-state index is -1.09. The lowest BCUT2D eigenvalue weighted by atomic mass is 10.1. The van der Waals surface area contributed by atoms with Crippen molar-refractivity contribution in [1.29, 1.82) is 0 Å². The standard InChI is InChI=1S/C14H17NO4/c1-15(13(16)9-14(17)18)6-4-10-2-3-12-11(8-10)5-7-19-12/h2-3,8H,4-7,9H2,1H3,(H,17,18). The molecule has 0 saturated carbocycles. The fourth-order valence-electron chi connectivity index (χ4n) is 2.08. The highest BCUT2D eigenvalue weighted by Gasteiger charge is 2.14. The van der Waals surface area contributed by atoms with Gasteiger partial charge in [-0.25, -0.2) is 0 Å². The van der Waals surface area contributed by atoms with Crippen molar-refractivity contribution in [1.82, 2.24) is 4.90 Å². The molecule has 5 nitrogen and oxygen atoms in total. The van der Waals surface area contributed by atoms with Gasteiger partial charge in [-0.2, -0.15) is 0 Å². The van der Waals surface area contributed by atoms with Crippen LogP contribution in [0.1, 0.15) is 17.5 Å². The molecule has 0 saturated heterocycles. The number of ether oxygens (including phenoxy) is 1. The molecule has 19 heavy (non-hydrogen) atoms. The van der Waals surface area contributed by atoms with Crippen molar-refractivity contribution in [2.75, 3.05) is 20.2 Å². The third-order valence-electron chi connectivity index (χ3n) is 3.22. The minimum absolute atomic E-state index is 0.364. The van der Waals surface area contributed by atoms with Crippen LogP contribution in [0.2, 0.25) is 0 Å². The quantitative estimate of drug-likeness (QED) is 0.808. The van der Waals surface area contributed by atoms with Gasteiger partial charge in [0.25, 0.3) is 0 Å². The molecule has 0 spiro atoms. The summed E-state index contributed by atoms with van der Waals surface area (Å²) in [5.74, 6) is -0.511. The van der Waals surface area contributed by atoms with Crippen molar-refractivity contribution in [3.8, 4) is 5.75 Å². The summed E-state index contributed by atoms with van der Waals surface area (Å²) < 4.78 is 5.43. The van der Waals surface area contributed by atoms with Crippen molar-refractivity contribution in [2.45, 2.75) is 19.3 Å². The number of fused-ring (bicyclic) bond motifs is 1. The molecule has 1 aliphatic rings. The smallest absolute Gasteiger partial charge is 0.312 e. The van der Waals surface area contributed by atoms with Crippen LogP contribution in [0.25, 0.3) is 0 Å². The van der Waals surface area contributed by atoms with Crippen LogP contribution in [0.15, 0.2) is 18.2 Å². The lowest BCUT2D eigenvalue weighted by molar-refractivity contribution is -0.143. The molecule has 0 radical (unpaired) electrons. The summed E-state index contributed by atoms with van der Waals surface area (Å²) in [6, 6.07) is 6.04. The Morgan fingerprint density at radius 3 is 2.95 bits per heavy atom. The monoisotopic (exact) mass is 263 g/mol. The Morgan fingerprint density at radius 1 is 1.42 bits per heavy atom. The van der Waals surface area contributed by atoms with Crippen LogP contribution in [0.3, 0.4) is 0 Å². The van der Waals surface area contributed by atoms with E-state index in [2.05, 4.69) is 6.07 Å². The van der Waals surface area contributed by atoms with Crippen molar-refractivity contribution in [3.63, 3.8) is 0 Å². The molecule has 0 atom stereocenters. The van der Waals surface area contributed by atoms with Crippen molar-refractivity contribution >= 4 is 11.9 Å². The van der Waals surface area contributed by atoms with Gasteiger partial charge in [-0.05, 0) is 23.6 Å². The molecule has 0 aromatic heterocycles. The van der Waals surface area contributed by atoms with Gasteiger partial charge in [-0.15, -0.1) is 0 Å². The molecule has 102 valence electrons. The predicted molar refractivity (Wildman–Crippen MR) is 69.2 cm³/mol. The number of benzene rings is 1. The van der Waals surface area contributed by atoms with Gasteiger partial charge < -0.3 is 14.7 Å². The summed E-state index contributed by atoms with van der Waals surface area (Å²) in [6.45, 7) is 1.25. The molecular formula is C14H17NO4. The number of carbonyl (C=O) groups excluding carboxylic acids is 1. The average molecular weight is 263 g/mol. The zero-order valence-corrected chi connectivity index (χ0v) is 10.9. The Morgan fingerprint density at radius 2 is 2.21 bits per heavy atom. The lowest BCUT2D eigenvalue weighted by Gasteiger charge is -2.16. The average Bonchev–Trinajstić information content (AvgIpc) is 2.82. The van der Waals surface area contributed by atoms with E-state index in [4.69, 9.17) is 9.84 Å². The number of carboxylic acids is 1. The maximum Gasteiger partial charge on any atom is 0.312 e. The highest BCUT2D eigenvalue weighted by Crippen LogP contribution is 2.25. The van der Waals surface area contributed by atoms with E-state index >= 15 is 0 Å². The number of rotatable bonds is 5. The fraction of sp³-hybridized carbons (Fsp3) is 0.429.